The molecule has 0 amide bonds. The Morgan fingerprint density at radius 1 is 1.47 bits per heavy atom. The van der Waals surface area contributed by atoms with Crippen LogP contribution in [0.2, 0.25) is 0 Å². The van der Waals surface area contributed by atoms with Crippen LogP contribution in [-0.2, 0) is 17.6 Å². The summed E-state index contributed by atoms with van der Waals surface area (Å²) in [7, 11) is 3.88. The van der Waals surface area contributed by atoms with Gasteiger partial charge in [-0.15, -0.1) is 0 Å². The molecule has 0 aliphatic heterocycles. The number of rotatable bonds is 5. The van der Waals surface area contributed by atoms with Crippen molar-refractivity contribution in [3.8, 4) is 0 Å². The van der Waals surface area contributed by atoms with Gasteiger partial charge in [-0.25, -0.2) is 0 Å². The molecule has 1 unspecified atom stereocenters. The van der Waals surface area contributed by atoms with Crippen LogP contribution in [0.15, 0.2) is 18.2 Å². The number of hydrogen-bond acceptors (Lipinski definition) is 3. The standard InChI is InChI=1S/C13H20N2O2/c1-4-9-5-6-12(15(2)3)10(7-9)8-11(14)13(16)17/h5-7,11H,4,8,14H2,1-3H3,(H,16,17). The smallest absolute Gasteiger partial charge is 0.320 e. The van der Waals surface area contributed by atoms with E-state index < -0.39 is 12.0 Å². The Labute approximate surface area is 102 Å². The fraction of sp³-hybridized carbons (Fsp3) is 0.462. The molecule has 0 saturated carbocycles. The van der Waals surface area contributed by atoms with Crippen molar-refractivity contribution < 1.29 is 9.90 Å². The number of nitrogens with zero attached hydrogens (tertiary/aromatic N) is 1. The summed E-state index contributed by atoms with van der Waals surface area (Å²) in [6.45, 7) is 2.07. The van der Waals surface area contributed by atoms with Gasteiger partial charge in [-0.05, 0) is 23.6 Å². The van der Waals surface area contributed by atoms with E-state index in [1.54, 1.807) is 0 Å². The van der Waals surface area contributed by atoms with E-state index >= 15 is 0 Å². The summed E-state index contributed by atoms with van der Waals surface area (Å²) < 4.78 is 0. The summed E-state index contributed by atoms with van der Waals surface area (Å²) in [5, 5.41) is 8.86. The van der Waals surface area contributed by atoms with Crippen LogP contribution in [0, 0.1) is 0 Å². The Morgan fingerprint density at radius 3 is 2.59 bits per heavy atom. The number of carbonyl (C=O) groups is 1. The third-order valence-electron chi connectivity index (χ3n) is 2.79. The van der Waals surface area contributed by atoms with Crippen molar-refractivity contribution in [3.63, 3.8) is 0 Å². The number of nitrogens with two attached hydrogens (primary N) is 1. The number of aryl methyl sites for hydroxylation is 1. The molecule has 1 rings (SSSR count). The van der Waals surface area contributed by atoms with Crippen molar-refractivity contribution in [3.05, 3.63) is 29.3 Å². The molecule has 0 heterocycles. The monoisotopic (exact) mass is 236 g/mol. The van der Waals surface area contributed by atoms with Crippen molar-refractivity contribution in [2.75, 3.05) is 19.0 Å². The molecule has 0 aliphatic carbocycles. The third-order valence-corrected chi connectivity index (χ3v) is 2.79. The highest BCUT2D eigenvalue weighted by atomic mass is 16.4. The summed E-state index contributed by atoms with van der Waals surface area (Å²) in [6, 6.07) is 5.27. The van der Waals surface area contributed by atoms with E-state index in [0.29, 0.717) is 6.42 Å². The van der Waals surface area contributed by atoms with Gasteiger partial charge in [-0.2, -0.15) is 0 Å². The zero-order valence-electron chi connectivity index (χ0n) is 10.6. The third kappa shape index (κ3) is 3.46. The molecule has 1 atom stereocenters. The molecule has 94 valence electrons. The average molecular weight is 236 g/mol. The highest BCUT2D eigenvalue weighted by Gasteiger charge is 2.15. The molecule has 17 heavy (non-hydrogen) atoms. The predicted octanol–water partition coefficient (Wildman–Crippen LogP) is 1.27. The summed E-state index contributed by atoms with van der Waals surface area (Å²) >= 11 is 0. The van der Waals surface area contributed by atoms with Gasteiger partial charge in [0.05, 0.1) is 0 Å². The molecular weight excluding hydrogens is 216 g/mol. The molecule has 0 aliphatic rings. The van der Waals surface area contributed by atoms with Gasteiger partial charge in [-0.3, -0.25) is 4.79 Å². The second-order valence-corrected chi connectivity index (χ2v) is 4.36. The molecule has 0 saturated heterocycles. The van der Waals surface area contributed by atoms with E-state index in [2.05, 4.69) is 13.0 Å². The van der Waals surface area contributed by atoms with Crippen LogP contribution in [0.5, 0.6) is 0 Å². The predicted molar refractivity (Wildman–Crippen MR) is 69.5 cm³/mol. The lowest BCUT2D eigenvalue weighted by Crippen LogP contribution is -2.32. The molecule has 4 heteroatoms. The molecule has 0 spiro atoms. The first-order valence-electron chi connectivity index (χ1n) is 5.73. The number of carboxylic acids is 1. The average Bonchev–Trinajstić information content (AvgIpc) is 2.28. The molecule has 0 aromatic heterocycles. The van der Waals surface area contributed by atoms with Gasteiger partial charge in [0, 0.05) is 26.2 Å². The highest BCUT2D eigenvalue weighted by Crippen LogP contribution is 2.21. The quantitative estimate of drug-likeness (QED) is 0.808. The number of hydrogen-bond donors (Lipinski definition) is 2. The number of carboxylic acid groups (broad SMARTS) is 1. The molecule has 1 aromatic carbocycles. The summed E-state index contributed by atoms with van der Waals surface area (Å²) in [6.07, 6.45) is 1.29. The van der Waals surface area contributed by atoms with Crippen LogP contribution < -0.4 is 10.6 Å². The normalized spacial score (nSPS) is 12.2. The maximum atomic E-state index is 10.8. The Hall–Kier alpha value is -1.55. The molecule has 0 radical (unpaired) electrons. The molecular formula is C13H20N2O2. The molecule has 1 aromatic rings. The van der Waals surface area contributed by atoms with Crippen molar-refractivity contribution in [1.82, 2.24) is 0 Å². The van der Waals surface area contributed by atoms with E-state index in [1.165, 1.54) is 5.56 Å². The fourth-order valence-electron chi connectivity index (χ4n) is 1.78. The van der Waals surface area contributed by atoms with Crippen LogP contribution in [0.1, 0.15) is 18.1 Å². The van der Waals surface area contributed by atoms with Crippen LogP contribution >= 0.6 is 0 Å². The summed E-state index contributed by atoms with van der Waals surface area (Å²) in [5.41, 5.74) is 8.81. The minimum Gasteiger partial charge on any atom is -0.480 e. The minimum absolute atomic E-state index is 0.358. The lowest BCUT2D eigenvalue weighted by molar-refractivity contribution is -0.138. The lowest BCUT2D eigenvalue weighted by Gasteiger charge is -2.19. The number of anilines is 1. The first kappa shape index (κ1) is 13.5. The fourth-order valence-corrected chi connectivity index (χ4v) is 1.78. The first-order chi connectivity index (χ1) is 7.95. The van der Waals surface area contributed by atoms with Crippen LogP contribution in [-0.4, -0.2) is 31.2 Å². The molecule has 0 bridgehead atoms. The Balaban J connectivity index is 3.04. The van der Waals surface area contributed by atoms with Crippen LogP contribution in [0.3, 0.4) is 0 Å². The topological polar surface area (TPSA) is 66.6 Å². The van der Waals surface area contributed by atoms with E-state index in [9.17, 15) is 4.79 Å². The Morgan fingerprint density at radius 2 is 2.12 bits per heavy atom. The van der Waals surface area contributed by atoms with Crippen molar-refractivity contribution in [1.29, 1.82) is 0 Å². The second kappa shape index (κ2) is 5.68. The zero-order valence-corrected chi connectivity index (χ0v) is 10.6. The van der Waals surface area contributed by atoms with Gasteiger partial charge in [0.15, 0.2) is 0 Å². The van der Waals surface area contributed by atoms with Crippen molar-refractivity contribution in [2.45, 2.75) is 25.8 Å². The van der Waals surface area contributed by atoms with Gasteiger partial charge >= 0.3 is 5.97 Å². The number of aliphatic carboxylic acids is 1. The molecule has 0 fully saturated rings. The first-order valence-corrected chi connectivity index (χ1v) is 5.73. The van der Waals surface area contributed by atoms with Crippen LogP contribution in [0.25, 0.3) is 0 Å². The Bertz CT molecular complexity index is 402. The van der Waals surface area contributed by atoms with Crippen LogP contribution in [0.4, 0.5) is 5.69 Å². The minimum atomic E-state index is -0.961. The van der Waals surface area contributed by atoms with E-state index in [-0.39, 0.29) is 0 Å². The highest BCUT2D eigenvalue weighted by molar-refractivity contribution is 5.74. The van der Waals surface area contributed by atoms with Crippen molar-refractivity contribution in [2.24, 2.45) is 5.73 Å². The van der Waals surface area contributed by atoms with Gasteiger partial charge in [-0.1, -0.05) is 19.1 Å². The van der Waals surface area contributed by atoms with Crippen molar-refractivity contribution >= 4 is 11.7 Å². The number of benzene rings is 1. The van der Waals surface area contributed by atoms with Gasteiger partial charge in [0.1, 0.15) is 6.04 Å². The maximum absolute atomic E-state index is 10.8. The van der Waals surface area contributed by atoms with E-state index in [4.69, 9.17) is 10.8 Å². The maximum Gasteiger partial charge on any atom is 0.320 e. The molecule has 4 nitrogen and oxygen atoms in total. The van der Waals surface area contributed by atoms with Gasteiger partial charge in [0.25, 0.3) is 0 Å². The summed E-state index contributed by atoms with van der Waals surface area (Å²) in [5.74, 6) is -0.961. The van der Waals surface area contributed by atoms with E-state index in [0.717, 1.165) is 17.7 Å². The second-order valence-electron chi connectivity index (χ2n) is 4.36. The SMILES string of the molecule is CCc1ccc(N(C)C)c(CC(N)C(=O)O)c1. The summed E-state index contributed by atoms with van der Waals surface area (Å²) in [4.78, 5) is 12.8. The van der Waals surface area contributed by atoms with E-state index in [1.807, 2.05) is 31.1 Å². The van der Waals surface area contributed by atoms with Gasteiger partial charge < -0.3 is 15.7 Å². The lowest BCUT2D eigenvalue weighted by atomic mass is 10.0. The largest absolute Gasteiger partial charge is 0.480 e. The molecule has 3 N–H and O–H groups in total. The van der Waals surface area contributed by atoms with Gasteiger partial charge in [0.2, 0.25) is 0 Å². The Kier molecular flexibility index (Phi) is 4.52. The zero-order chi connectivity index (χ0) is 13.0.